The van der Waals surface area contributed by atoms with Gasteiger partial charge in [-0.1, -0.05) is 0 Å². The summed E-state index contributed by atoms with van der Waals surface area (Å²) in [4.78, 5) is 0. The van der Waals surface area contributed by atoms with Crippen molar-refractivity contribution in [1.82, 2.24) is 0 Å². The lowest BCUT2D eigenvalue weighted by atomic mass is 10.2. The number of hydrogen-bond donors (Lipinski definition) is 1. The number of nitrogens with zero attached hydrogens (tertiary/aromatic N) is 1. The summed E-state index contributed by atoms with van der Waals surface area (Å²) in [6, 6.07) is 2.07. The molecule has 0 bridgehead atoms. The summed E-state index contributed by atoms with van der Waals surface area (Å²) in [7, 11) is 0. The Hall–Kier alpha value is -0.140. The molecule has 0 saturated heterocycles. The number of nitrogens with two attached hydrogens (primary N) is 1. The van der Waals surface area contributed by atoms with Crippen LogP contribution in [0, 0.1) is 0 Å². The molecule has 7 heteroatoms. The van der Waals surface area contributed by atoms with Crippen molar-refractivity contribution in [3.63, 3.8) is 0 Å². The van der Waals surface area contributed by atoms with E-state index in [-0.39, 0.29) is 34.0 Å². The monoisotopic (exact) mass is 351 g/mol. The minimum absolute atomic E-state index is 0. The van der Waals surface area contributed by atoms with E-state index < -0.39 is 11.7 Å². The SMILES string of the molecule is Br.Br.NCC[n+]1ccc(C(F)(F)F)cc1. The van der Waals surface area contributed by atoms with Crippen LogP contribution in [0.25, 0.3) is 0 Å². The molecule has 88 valence electrons. The van der Waals surface area contributed by atoms with Crippen LogP contribution < -0.4 is 10.3 Å². The van der Waals surface area contributed by atoms with Gasteiger partial charge in [0.1, 0.15) is 0 Å². The highest BCUT2D eigenvalue weighted by atomic mass is 79.9. The van der Waals surface area contributed by atoms with Gasteiger partial charge in [-0.15, -0.1) is 34.0 Å². The molecule has 1 rings (SSSR count). The van der Waals surface area contributed by atoms with E-state index in [1.165, 1.54) is 12.4 Å². The first-order chi connectivity index (χ1) is 6.04. The normalized spacial score (nSPS) is 10.1. The second-order valence-corrected chi connectivity index (χ2v) is 2.61. The Morgan fingerprint density at radius 3 is 1.93 bits per heavy atom. The molecule has 0 amide bonds. The molecule has 0 aromatic carbocycles. The standard InChI is InChI=1S/C8H10F3N2.2BrH/c9-8(10,11)7-1-4-13(5-2-7)6-3-12;;/h1-2,4-5H,3,6,12H2;2*1H/q+1;;. The van der Waals surface area contributed by atoms with Gasteiger partial charge in [-0.25, -0.2) is 4.57 Å². The van der Waals surface area contributed by atoms with Crippen molar-refractivity contribution in [3.8, 4) is 0 Å². The van der Waals surface area contributed by atoms with Gasteiger partial charge in [0.25, 0.3) is 0 Å². The molecule has 1 aromatic heterocycles. The van der Waals surface area contributed by atoms with Gasteiger partial charge in [-0.2, -0.15) is 13.2 Å². The van der Waals surface area contributed by atoms with Crippen LogP contribution in [0.2, 0.25) is 0 Å². The number of rotatable bonds is 2. The van der Waals surface area contributed by atoms with Gasteiger partial charge in [0.15, 0.2) is 18.9 Å². The van der Waals surface area contributed by atoms with Gasteiger partial charge in [0.2, 0.25) is 0 Å². The van der Waals surface area contributed by atoms with Crippen LogP contribution in [0.1, 0.15) is 5.56 Å². The fourth-order valence-electron chi connectivity index (χ4n) is 0.944. The summed E-state index contributed by atoms with van der Waals surface area (Å²) in [6.45, 7) is 0.939. The first-order valence-electron chi connectivity index (χ1n) is 3.80. The van der Waals surface area contributed by atoms with Crippen LogP contribution in [0.3, 0.4) is 0 Å². The molecule has 0 saturated carbocycles. The molecular formula is C8H12Br2F3N2+. The van der Waals surface area contributed by atoms with E-state index in [2.05, 4.69) is 0 Å². The molecule has 0 spiro atoms. The van der Waals surface area contributed by atoms with Gasteiger partial charge in [-0.3, -0.25) is 0 Å². The van der Waals surface area contributed by atoms with Crippen LogP contribution in [-0.2, 0) is 12.7 Å². The van der Waals surface area contributed by atoms with Gasteiger partial charge < -0.3 is 5.73 Å². The molecule has 15 heavy (non-hydrogen) atoms. The van der Waals surface area contributed by atoms with Crippen molar-refractivity contribution < 1.29 is 17.7 Å². The van der Waals surface area contributed by atoms with Crippen LogP contribution >= 0.6 is 34.0 Å². The van der Waals surface area contributed by atoms with Gasteiger partial charge in [-0.05, 0) is 0 Å². The molecule has 2 nitrogen and oxygen atoms in total. The predicted molar refractivity (Wildman–Crippen MR) is 61.3 cm³/mol. The molecule has 0 unspecified atom stereocenters. The molecule has 0 atom stereocenters. The van der Waals surface area contributed by atoms with Gasteiger partial charge in [0.05, 0.1) is 12.1 Å². The zero-order valence-electron chi connectivity index (χ0n) is 7.70. The van der Waals surface area contributed by atoms with Crippen molar-refractivity contribution in [2.45, 2.75) is 12.7 Å². The number of alkyl halides is 3. The predicted octanol–water partition coefficient (Wildman–Crippen LogP) is 2.11. The van der Waals surface area contributed by atoms with Crippen LogP contribution in [0.5, 0.6) is 0 Å². The summed E-state index contributed by atoms with van der Waals surface area (Å²) < 4.78 is 37.8. The molecule has 0 radical (unpaired) electrons. The summed E-state index contributed by atoms with van der Waals surface area (Å²) in [6.07, 6.45) is -1.52. The number of pyridine rings is 1. The van der Waals surface area contributed by atoms with E-state index in [0.29, 0.717) is 13.1 Å². The quantitative estimate of drug-likeness (QED) is 0.812. The average Bonchev–Trinajstić information content (AvgIpc) is 2.04. The molecule has 0 aliphatic heterocycles. The molecule has 0 fully saturated rings. The third kappa shape index (κ3) is 5.48. The Labute approximate surface area is 107 Å². The second-order valence-electron chi connectivity index (χ2n) is 2.61. The fraction of sp³-hybridized carbons (Fsp3) is 0.375. The molecular weight excluding hydrogens is 341 g/mol. The molecule has 0 aliphatic carbocycles. The zero-order valence-corrected chi connectivity index (χ0v) is 11.1. The first kappa shape index (κ1) is 17.3. The van der Waals surface area contributed by atoms with E-state index in [1.807, 2.05) is 0 Å². The van der Waals surface area contributed by atoms with Crippen LogP contribution in [0.4, 0.5) is 13.2 Å². The highest BCUT2D eigenvalue weighted by Gasteiger charge is 2.30. The Kier molecular flexibility index (Phi) is 8.27. The Balaban J connectivity index is 0. The first-order valence-corrected chi connectivity index (χ1v) is 3.80. The molecule has 2 N–H and O–H groups in total. The van der Waals surface area contributed by atoms with Crippen molar-refractivity contribution in [2.24, 2.45) is 5.73 Å². The van der Waals surface area contributed by atoms with Gasteiger partial charge >= 0.3 is 6.18 Å². The highest BCUT2D eigenvalue weighted by Crippen LogP contribution is 2.27. The summed E-state index contributed by atoms with van der Waals surface area (Å²) in [5, 5.41) is 0. The average molecular weight is 353 g/mol. The third-order valence-corrected chi connectivity index (χ3v) is 1.61. The maximum Gasteiger partial charge on any atom is 0.416 e. The number of hydrogen-bond acceptors (Lipinski definition) is 1. The van der Waals surface area contributed by atoms with Crippen molar-refractivity contribution in [3.05, 3.63) is 30.1 Å². The summed E-state index contributed by atoms with van der Waals surface area (Å²) in [5.74, 6) is 0. The number of halogens is 5. The maximum absolute atomic E-state index is 12.1. The van der Waals surface area contributed by atoms with Crippen LogP contribution in [-0.4, -0.2) is 6.54 Å². The highest BCUT2D eigenvalue weighted by molar-refractivity contribution is 8.93. The minimum Gasteiger partial charge on any atom is -0.325 e. The topological polar surface area (TPSA) is 29.9 Å². The van der Waals surface area contributed by atoms with Crippen molar-refractivity contribution in [1.29, 1.82) is 0 Å². The fourth-order valence-corrected chi connectivity index (χ4v) is 0.944. The Morgan fingerprint density at radius 2 is 1.60 bits per heavy atom. The molecule has 0 aliphatic rings. The van der Waals surface area contributed by atoms with E-state index in [0.717, 1.165) is 12.1 Å². The number of aromatic nitrogens is 1. The third-order valence-electron chi connectivity index (χ3n) is 1.61. The Morgan fingerprint density at radius 1 is 1.13 bits per heavy atom. The molecule has 1 aromatic rings. The van der Waals surface area contributed by atoms with E-state index in [9.17, 15) is 13.2 Å². The van der Waals surface area contributed by atoms with E-state index >= 15 is 0 Å². The lowest BCUT2D eigenvalue weighted by molar-refractivity contribution is -0.694. The zero-order chi connectivity index (χ0) is 9.90. The van der Waals surface area contributed by atoms with E-state index in [1.54, 1.807) is 4.57 Å². The maximum atomic E-state index is 12.1. The second kappa shape index (κ2) is 7.19. The summed E-state index contributed by atoms with van der Waals surface area (Å²) >= 11 is 0. The van der Waals surface area contributed by atoms with E-state index in [4.69, 9.17) is 5.73 Å². The smallest absolute Gasteiger partial charge is 0.325 e. The summed E-state index contributed by atoms with van der Waals surface area (Å²) in [5.41, 5.74) is 4.60. The van der Waals surface area contributed by atoms with Crippen molar-refractivity contribution in [2.75, 3.05) is 6.54 Å². The Bertz CT molecular complexity index is 274. The van der Waals surface area contributed by atoms with Crippen molar-refractivity contribution >= 4 is 34.0 Å². The lowest BCUT2D eigenvalue weighted by Gasteiger charge is -2.04. The minimum atomic E-state index is -4.26. The largest absolute Gasteiger partial charge is 0.416 e. The van der Waals surface area contributed by atoms with Gasteiger partial charge in [0, 0.05) is 12.1 Å². The lowest BCUT2D eigenvalue weighted by Crippen LogP contribution is -2.36. The van der Waals surface area contributed by atoms with Crippen LogP contribution in [0.15, 0.2) is 24.5 Å². The molecule has 1 heterocycles.